The van der Waals surface area contributed by atoms with Gasteiger partial charge in [-0.2, -0.15) is 0 Å². The molecule has 1 fully saturated rings. The van der Waals surface area contributed by atoms with Crippen LogP contribution in [0.2, 0.25) is 0 Å². The molecule has 2 amide bonds. The predicted molar refractivity (Wildman–Crippen MR) is 112 cm³/mol. The fraction of sp³-hybridized carbons (Fsp3) is 0.261. The molecule has 1 saturated heterocycles. The van der Waals surface area contributed by atoms with Crippen molar-refractivity contribution in [3.05, 3.63) is 60.3 Å². The highest BCUT2D eigenvalue weighted by Gasteiger charge is 2.28. The topological polar surface area (TPSA) is 98.7 Å². The van der Waals surface area contributed by atoms with E-state index >= 15 is 0 Å². The Bertz CT molecular complexity index is 1070. The van der Waals surface area contributed by atoms with Crippen LogP contribution in [0.25, 0.3) is 22.8 Å². The molecule has 0 radical (unpaired) electrons. The second-order valence-electron chi connectivity index (χ2n) is 7.28. The van der Waals surface area contributed by atoms with E-state index in [4.69, 9.17) is 14.9 Å². The third kappa shape index (κ3) is 3.91. The Kier molecular flexibility index (Phi) is 5.52. The first-order chi connectivity index (χ1) is 14.6. The Morgan fingerprint density at radius 3 is 2.63 bits per heavy atom. The zero-order valence-electron chi connectivity index (χ0n) is 16.7. The first-order valence-electron chi connectivity index (χ1n) is 9.85. The summed E-state index contributed by atoms with van der Waals surface area (Å²) in [6, 6.07) is 14.8. The van der Waals surface area contributed by atoms with Gasteiger partial charge in [0.05, 0.1) is 18.9 Å². The van der Waals surface area contributed by atoms with Crippen molar-refractivity contribution in [1.82, 2.24) is 9.88 Å². The molecule has 1 aromatic heterocycles. The van der Waals surface area contributed by atoms with E-state index in [2.05, 4.69) is 4.98 Å². The van der Waals surface area contributed by atoms with Gasteiger partial charge in [0, 0.05) is 30.1 Å². The summed E-state index contributed by atoms with van der Waals surface area (Å²) in [5.74, 6) is 1.13. The number of rotatable bonds is 5. The van der Waals surface area contributed by atoms with Crippen LogP contribution in [0.1, 0.15) is 23.2 Å². The second-order valence-corrected chi connectivity index (χ2v) is 7.28. The number of primary amides is 1. The lowest BCUT2D eigenvalue weighted by Crippen LogP contribution is -2.41. The highest BCUT2D eigenvalue weighted by atomic mass is 16.5. The number of hydrogen-bond donors (Lipinski definition) is 1. The van der Waals surface area contributed by atoms with Crippen LogP contribution in [0.4, 0.5) is 0 Å². The van der Waals surface area contributed by atoms with Crippen molar-refractivity contribution in [2.45, 2.75) is 12.8 Å². The Morgan fingerprint density at radius 2 is 1.90 bits per heavy atom. The number of piperidine rings is 1. The summed E-state index contributed by atoms with van der Waals surface area (Å²) in [6.07, 6.45) is 2.81. The number of nitrogens with zero attached hydrogens (tertiary/aromatic N) is 2. The Morgan fingerprint density at radius 1 is 1.13 bits per heavy atom. The number of amides is 2. The van der Waals surface area contributed by atoms with E-state index in [1.54, 1.807) is 24.3 Å². The minimum Gasteiger partial charge on any atom is -0.497 e. The van der Waals surface area contributed by atoms with E-state index in [1.165, 1.54) is 0 Å². The first-order valence-corrected chi connectivity index (χ1v) is 9.85. The number of nitrogens with two attached hydrogens (primary N) is 1. The molecule has 2 N–H and O–H groups in total. The predicted octanol–water partition coefficient (Wildman–Crippen LogP) is 3.35. The fourth-order valence-corrected chi connectivity index (χ4v) is 3.70. The van der Waals surface area contributed by atoms with Crippen LogP contribution in [0.3, 0.4) is 0 Å². The third-order valence-electron chi connectivity index (χ3n) is 5.43. The van der Waals surface area contributed by atoms with Crippen LogP contribution >= 0.6 is 0 Å². The Hall–Kier alpha value is -3.61. The molecule has 0 aliphatic carbocycles. The lowest BCUT2D eigenvalue weighted by atomic mass is 9.95. The summed E-state index contributed by atoms with van der Waals surface area (Å²) in [5, 5.41) is 0. The smallest absolute Gasteiger partial charge is 0.254 e. The van der Waals surface area contributed by atoms with Crippen LogP contribution in [0.5, 0.6) is 5.75 Å². The molecular formula is C23H23N3O4. The van der Waals surface area contributed by atoms with Gasteiger partial charge in [0.2, 0.25) is 11.8 Å². The SMILES string of the molecule is COc1cccc(-c2cnc(-c3ccccc3C(=O)N3CCC(C(N)=O)CC3)o2)c1. The highest BCUT2D eigenvalue weighted by Crippen LogP contribution is 2.31. The average Bonchev–Trinajstić information content (AvgIpc) is 3.29. The summed E-state index contributed by atoms with van der Waals surface area (Å²) in [5.41, 5.74) is 7.39. The van der Waals surface area contributed by atoms with Crippen molar-refractivity contribution in [2.24, 2.45) is 11.7 Å². The molecule has 1 aliphatic rings. The lowest BCUT2D eigenvalue weighted by Gasteiger charge is -2.31. The maximum Gasteiger partial charge on any atom is 0.254 e. The van der Waals surface area contributed by atoms with E-state index in [-0.39, 0.29) is 17.7 Å². The number of benzene rings is 2. The molecule has 4 rings (SSSR count). The van der Waals surface area contributed by atoms with Crippen LogP contribution < -0.4 is 10.5 Å². The maximum atomic E-state index is 13.2. The molecule has 0 saturated carbocycles. The summed E-state index contributed by atoms with van der Waals surface area (Å²) in [6.45, 7) is 1.00. The van der Waals surface area contributed by atoms with Gasteiger partial charge in [-0.25, -0.2) is 4.98 Å². The van der Waals surface area contributed by atoms with Gasteiger partial charge < -0.3 is 19.8 Å². The van der Waals surface area contributed by atoms with Crippen LogP contribution in [-0.2, 0) is 4.79 Å². The van der Waals surface area contributed by atoms with Crippen molar-refractivity contribution in [3.8, 4) is 28.5 Å². The molecule has 30 heavy (non-hydrogen) atoms. The summed E-state index contributed by atoms with van der Waals surface area (Å²) >= 11 is 0. The van der Waals surface area contributed by atoms with E-state index in [1.807, 2.05) is 42.5 Å². The molecular weight excluding hydrogens is 382 g/mol. The highest BCUT2D eigenvalue weighted by molar-refractivity contribution is 6.00. The summed E-state index contributed by atoms with van der Waals surface area (Å²) in [7, 11) is 1.61. The van der Waals surface area contributed by atoms with Crippen LogP contribution in [0, 0.1) is 5.92 Å². The largest absolute Gasteiger partial charge is 0.497 e. The van der Waals surface area contributed by atoms with E-state index < -0.39 is 0 Å². The maximum absolute atomic E-state index is 13.2. The molecule has 0 unspecified atom stereocenters. The monoisotopic (exact) mass is 405 g/mol. The van der Waals surface area contributed by atoms with Crippen LogP contribution in [0.15, 0.2) is 59.1 Å². The molecule has 0 bridgehead atoms. The molecule has 2 aromatic carbocycles. The average molecular weight is 405 g/mol. The molecule has 1 aliphatic heterocycles. The number of aromatic nitrogens is 1. The molecule has 7 nitrogen and oxygen atoms in total. The van der Waals surface area contributed by atoms with Gasteiger partial charge >= 0.3 is 0 Å². The van der Waals surface area contributed by atoms with Crippen molar-refractivity contribution in [3.63, 3.8) is 0 Å². The van der Waals surface area contributed by atoms with Gasteiger partial charge in [0.1, 0.15) is 5.75 Å². The van der Waals surface area contributed by atoms with E-state index in [0.29, 0.717) is 48.7 Å². The number of ether oxygens (including phenoxy) is 1. The summed E-state index contributed by atoms with van der Waals surface area (Å²) < 4.78 is 11.2. The van der Waals surface area contributed by atoms with Crippen LogP contribution in [-0.4, -0.2) is 41.9 Å². The number of oxazole rings is 1. The minimum atomic E-state index is -0.299. The molecule has 0 atom stereocenters. The Balaban J connectivity index is 1.59. The fourth-order valence-electron chi connectivity index (χ4n) is 3.70. The number of methoxy groups -OCH3 is 1. The molecule has 2 heterocycles. The van der Waals surface area contributed by atoms with Crippen molar-refractivity contribution < 1.29 is 18.7 Å². The number of carbonyl (C=O) groups is 2. The second kappa shape index (κ2) is 8.41. The van der Waals surface area contributed by atoms with Gasteiger partial charge in [-0.1, -0.05) is 24.3 Å². The normalized spacial score (nSPS) is 14.5. The standard InChI is InChI=1S/C23H23N3O4/c1-29-17-6-4-5-16(13-17)20-14-25-22(30-20)18-7-2-3-8-19(18)23(28)26-11-9-15(10-12-26)21(24)27/h2-8,13-15H,9-12H2,1H3,(H2,24,27). The zero-order valence-corrected chi connectivity index (χ0v) is 16.7. The molecule has 154 valence electrons. The number of carbonyl (C=O) groups excluding carboxylic acids is 2. The minimum absolute atomic E-state index is 0.102. The van der Waals surface area contributed by atoms with Crippen molar-refractivity contribution in [1.29, 1.82) is 0 Å². The third-order valence-corrected chi connectivity index (χ3v) is 5.43. The number of hydrogen-bond acceptors (Lipinski definition) is 5. The van der Waals surface area contributed by atoms with Gasteiger partial charge in [0.25, 0.3) is 5.91 Å². The van der Waals surface area contributed by atoms with Gasteiger partial charge in [-0.05, 0) is 37.1 Å². The van der Waals surface area contributed by atoms with Gasteiger partial charge in [0.15, 0.2) is 5.76 Å². The first kappa shape index (κ1) is 19.7. The molecule has 3 aromatic rings. The van der Waals surface area contributed by atoms with Gasteiger partial charge in [-0.15, -0.1) is 0 Å². The Labute approximate surface area is 174 Å². The van der Waals surface area contributed by atoms with Gasteiger partial charge in [-0.3, -0.25) is 9.59 Å². The zero-order chi connectivity index (χ0) is 21.1. The lowest BCUT2D eigenvalue weighted by molar-refractivity contribution is -0.123. The summed E-state index contributed by atoms with van der Waals surface area (Å²) in [4.78, 5) is 30.7. The van der Waals surface area contributed by atoms with E-state index in [0.717, 1.165) is 11.3 Å². The van der Waals surface area contributed by atoms with E-state index in [9.17, 15) is 9.59 Å². The van der Waals surface area contributed by atoms with Crippen molar-refractivity contribution in [2.75, 3.05) is 20.2 Å². The molecule has 0 spiro atoms. The quantitative estimate of drug-likeness (QED) is 0.702. The van der Waals surface area contributed by atoms with Crippen molar-refractivity contribution >= 4 is 11.8 Å². The number of likely N-dealkylation sites (tertiary alicyclic amines) is 1. The molecule has 7 heteroatoms.